The van der Waals surface area contributed by atoms with E-state index in [-0.39, 0.29) is 66.1 Å². The Hall–Kier alpha value is -4.07. The van der Waals surface area contributed by atoms with Crippen LogP contribution in [0.15, 0.2) is 84.9 Å². The highest BCUT2D eigenvalue weighted by Gasteiger charge is 2.40. The normalized spacial score (nSPS) is 18.3. The highest BCUT2D eigenvalue weighted by molar-refractivity contribution is 15.0. The standard InChI is InChI=1S/C27H32N2O5.C25H27N3O5.I2.HI/c1-19(30)6-11-25(20(2)31)29-17-24-23(27(29)32)4-3-5-26(24)34-18-22-9-7-21(8-10-22)16-28-12-14-33-15-13-28;29-23-9-8-21(24(30)26-23)28-15-20-19(25(28)31)2-1-3-22(20)33-16-18-6-4-17(5-7-18)14-27-10-12-32-13-11-27;1-2;/h3-5,7-10,25H,6,11-18H2,1-2H3;1-7,21H,8-16H2,(H,26,29,30);;1H. The van der Waals surface area contributed by atoms with Crippen molar-refractivity contribution in [2.75, 3.05) is 52.6 Å². The van der Waals surface area contributed by atoms with Gasteiger partial charge in [-0.2, -0.15) is 0 Å². The average molecular weight is 1300 g/mol. The molecule has 4 aromatic rings. The van der Waals surface area contributed by atoms with Gasteiger partial charge >= 0.3 is 0 Å². The summed E-state index contributed by atoms with van der Waals surface area (Å²) in [5, 5.41) is 2.33. The first-order chi connectivity index (χ1) is 33.5. The van der Waals surface area contributed by atoms with Crippen LogP contribution in [0, 0.1) is 0 Å². The van der Waals surface area contributed by atoms with E-state index >= 15 is 0 Å². The van der Waals surface area contributed by atoms with Crippen molar-refractivity contribution in [2.24, 2.45) is 0 Å². The minimum absolute atomic E-state index is 0. The third-order valence-corrected chi connectivity index (χ3v) is 13.0. The first-order valence-electron chi connectivity index (χ1n) is 23.4. The SMILES string of the molecule is CC(=O)CCC(C(C)=O)N1Cc2c(OCc3ccc(CN4CCOCC4)cc3)cccc2C1=O.I.II.O=C1CCC(N2Cc3c(OCc4ccc(CN5CCOCC5)cc4)cccc3C2=O)C(=O)N1. The van der Waals surface area contributed by atoms with Crippen molar-refractivity contribution in [3.8, 4) is 11.5 Å². The molecule has 9 rings (SSSR count). The third-order valence-electron chi connectivity index (χ3n) is 13.0. The van der Waals surface area contributed by atoms with Gasteiger partial charge in [-0.25, -0.2) is 0 Å². The Morgan fingerprint density at radius 2 is 1.14 bits per heavy atom. The lowest BCUT2D eigenvalue weighted by Crippen LogP contribution is -2.52. The van der Waals surface area contributed by atoms with Crippen molar-refractivity contribution >= 4 is 96.4 Å². The maximum absolute atomic E-state index is 13.0. The van der Waals surface area contributed by atoms with E-state index in [0.717, 1.165) is 87.9 Å². The molecule has 2 atom stereocenters. The second-order valence-electron chi connectivity index (χ2n) is 17.8. The fourth-order valence-electron chi connectivity index (χ4n) is 9.16. The van der Waals surface area contributed by atoms with Crippen LogP contribution in [-0.2, 0) is 68.0 Å². The molecule has 0 aliphatic carbocycles. The molecule has 5 aliphatic rings. The number of hydrogen-bond donors (Lipinski definition) is 1. The van der Waals surface area contributed by atoms with Crippen molar-refractivity contribution in [1.82, 2.24) is 24.9 Å². The average Bonchev–Trinajstić information content (AvgIpc) is 3.88. The monoisotopic (exact) mass is 1300 g/mol. The molecule has 0 bridgehead atoms. The highest BCUT2D eigenvalue weighted by Crippen LogP contribution is 2.35. The summed E-state index contributed by atoms with van der Waals surface area (Å²) in [5.74, 6) is 0.117. The van der Waals surface area contributed by atoms with Crippen molar-refractivity contribution in [2.45, 2.75) is 91.0 Å². The Morgan fingerprint density at radius 1 is 0.671 bits per heavy atom. The number of nitrogens with zero attached hydrogens (tertiary/aromatic N) is 4. The lowest BCUT2D eigenvalue weighted by atomic mass is 10.0. The number of hydrogen-bond acceptors (Lipinski definition) is 12. The molecule has 3 saturated heterocycles. The van der Waals surface area contributed by atoms with Crippen molar-refractivity contribution in [1.29, 1.82) is 0 Å². The molecule has 0 saturated carbocycles. The first kappa shape index (κ1) is 55.2. The Bertz CT molecular complexity index is 2460. The Kier molecular flexibility index (Phi) is 21.4. The number of piperidine rings is 1. The van der Waals surface area contributed by atoms with E-state index in [4.69, 9.17) is 18.9 Å². The molecule has 5 heterocycles. The number of carbonyl (C=O) groups excluding carboxylic acids is 6. The zero-order valence-electron chi connectivity index (χ0n) is 39.5. The van der Waals surface area contributed by atoms with Crippen LogP contribution in [0.25, 0.3) is 0 Å². The Balaban J connectivity index is 0.000000219. The van der Waals surface area contributed by atoms with Crippen LogP contribution < -0.4 is 14.8 Å². The molecule has 3 fully saturated rings. The number of morpholine rings is 2. The van der Waals surface area contributed by atoms with Crippen molar-refractivity contribution < 1.29 is 47.7 Å². The molecule has 374 valence electrons. The minimum Gasteiger partial charge on any atom is -0.489 e. The van der Waals surface area contributed by atoms with E-state index in [9.17, 15) is 28.8 Å². The second-order valence-corrected chi connectivity index (χ2v) is 17.8. The fraction of sp³-hybridized carbons (Fsp3) is 0.423. The molecule has 5 aliphatic heterocycles. The molecule has 18 heteroatoms. The number of Topliss-reactive ketones (excluding diaryl/α,β-unsaturated/α-hetero) is 2. The van der Waals surface area contributed by atoms with Gasteiger partial charge in [-0.3, -0.25) is 39.1 Å². The van der Waals surface area contributed by atoms with Gasteiger partial charge in [-0.05, 0) is 73.2 Å². The third kappa shape index (κ3) is 14.5. The maximum atomic E-state index is 13.0. The van der Waals surface area contributed by atoms with Crippen LogP contribution in [0.3, 0.4) is 0 Å². The lowest BCUT2D eigenvalue weighted by Gasteiger charge is -2.29. The summed E-state index contributed by atoms with van der Waals surface area (Å²) >= 11 is 4.24. The molecular weight excluding hydrogens is 1240 g/mol. The van der Waals surface area contributed by atoms with E-state index in [0.29, 0.717) is 61.8 Å². The summed E-state index contributed by atoms with van der Waals surface area (Å²) < 4.78 is 23.0. The predicted molar refractivity (Wildman–Crippen MR) is 290 cm³/mol. The predicted octanol–water partition coefficient (Wildman–Crippen LogP) is 7.63. The number of halogens is 3. The number of ketones is 2. The van der Waals surface area contributed by atoms with E-state index < -0.39 is 18.0 Å². The number of imide groups is 1. The first-order valence-corrected chi connectivity index (χ1v) is 29.6. The topological polar surface area (TPSA) is 164 Å². The molecule has 70 heavy (non-hydrogen) atoms. The van der Waals surface area contributed by atoms with Crippen LogP contribution in [-0.4, -0.2) is 119 Å². The summed E-state index contributed by atoms with van der Waals surface area (Å²) in [6.07, 6.45) is 1.20. The summed E-state index contributed by atoms with van der Waals surface area (Å²) in [6.45, 7) is 13.2. The van der Waals surface area contributed by atoms with Crippen molar-refractivity contribution in [3.05, 3.63) is 129 Å². The maximum Gasteiger partial charge on any atom is 0.255 e. The number of nitrogens with one attached hydrogen (secondary N) is 1. The van der Waals surface area contributed by atoms with Gasteiger partial charge in [0.1, 0.15) is 36.5 Å². The van der Waals surface area contributed by atoms with Gasteiger partial charge in [-0.15, -0.1) is 24.0 Å². The van der Waals surface area contributed by atoms with Gasteiger partial charge < -0.3 is 33.5 Å². The van der Waals surface area contributed by atoms with E-state index in [2.05, 4.69) is 101 Å². The van der Waals surface area contributed by atoms with Crippen LogP contribution in [0.5, 0.6) is 11.5 Å². The largest absolute Gasteiger partial charge is 0.489 e. The highest BCUT2D eigenvalue weighted by atomic mass is 128. The smallest absolute Gasteiger partial charge is 0.255 e. The quantitative estimate of drug-likeness (QED) is 0.0864. The summed E-state index contributed by atoms with van der Waals surface area (Å²) in [6, 6.07) is 26.4. The lowest BCUT2D eigenvalue weighted by molar-refractivity contribution is -0.137. The molecule has 1 N–H and O–H groups in total. The van der Waals surface area contributed by atoms with E-state index in [1.165, 1.54) is 25.0 Å². The molecule has 0 aromatic heterocycles. The van der Waals surface area contributed by atoms with Gasteiger partial charge in [0.25, 0.3) is 11.8 Å². The Labute approximate surface area is 450 Å². The number of carbonyl (C=O) groups is 6. The van der Waals surface area contributed by atoms with Gasteiger partial charge in [0.15, 0.2) is 5.78 Å². The molecule has 4 aromatic carbocycles. The number of benzene rings is 4. The molecule has 0 radical (unpaired) electrons. The van der Waals surface area contributed by atoms with E-state index in [1.807, 2.05) is 12.1 Å². The Morgan fingerprint density at radius 3 is 1.61 bits per heavy atom. The van der Waals surface area contributed by atoms with Crippen LogP contribution in [0.2, 0.25) is 0 Å². The summed E-state index contributed by atoms with van der Waals surface area (Å²) in [5.41, 5.74) is 7.31. The number of ether oxygens (including phenoxy) is 4. The zero-order valence-corrected chi connectivity index (χ0v) is 46.1. The number of amides is 4. The van der Waals surface area contributed by atoms with Gasteiger partial charge in [0.05, 0.1) is 45.6 Å². The van der Waals surface area contributed by atoms with Crippen LogP contribution in [0.1, 0.15) is 93.6 Å². The molecule has 0 spiro atoms. The molecule has 15 nitrogen and oxygen atoms in total. The number of rotatable bonds is 16. The molecule has 2 unspecified atom stereocenters. The molecular formula is C52H60I3N5O10. The van der Waals surface area contributed by atoms with Crippen LogP contribution in [0.4, 0.5) is 0 Å². The minimum atomic E-state index is -0.630. The van der Waals surface area contributed by atoms with Gasteiger partial charge in [0.2, 0.25) is 11.8 Å². The fourth-order valence-corrected chi connectivity index (χ4v) is 9.16. The van der Waals surface area contributed by atoms with Gasteiger partial charge in [-0.1, -0.05) is 60.7 Å². The molecule has 4 amide bonds. The zero-order chi connectivity index (χ0) is 48.9. The van der Waals surface area contributed by atoms with E-state index in [1.54, 1.807) is 34.1 Å². The summed E-state index contributed by atoms with van der Waals surface area (Å²) in [7, 11) is 0. The van der Waals surface area contributed by atoms with Crippen LogP contribution >= 0.6 is 61.2 Å². The van der Waals surface area contributed by atoms with Gasteiger partial charge in [0, 0.05) is 112 Å². The number of fused-ring (bicyclic) bond motifs is 2. The second kappa shape index (κ2) is 27.1. The van der Waals surface area contributed by atoms with Crippen molar-refractivity contribution in [3.63, 3.8) is 0 Å². The summed E-state index contributed by atoms with van der Waals surface area (Å²) in [4.78, 5) is 81.3.